The largest absolute Gasteiger partial charge is 0.369 e. The number of aryl methyl sites for hydroxylation is 1. The normalized spacial score (nSPS) is 18.4. The maximum Gasteiger partial charge on any atom is 0.272 e. The Balaban J connectivity index is 1.82. The zero-order chi connectivity index (χ0) is 19.8. The number of fused-ring (bicyclic) bond motifs is 1. The van der Waals surface area contributed by atoms with Crippen LogP contribution in [0.15, 0.2) is 41.5 Å². The van der Waals surface area contributed by atoms with Crippen LogP contribution in [0.2, 0.25) is 5.02 Å². The van der Waals surface area contributed by atoms with E-state index in [9.17, 15) is 4.79 Å². The van der Waals surface area contributed by atoms with E-state index in [0.717, 1.165) is 17.5 Å². The number of hydrazone groups is 1. The molecule has 142 valence electrons. The number of hydrogen-bond donors (Lipinski definition) is 1. The molecule has 1 amide bonds. The Hall–Kier alpha value is -2.33. The van der Waals surface area contributed by atoms with Crippen LogP contribution in [0.3, 0.4) is 0 Å². The second-order valence-electron chi connectivity index (χ2n) is 7.92. The molecule has 0 bridgehead atoms. The van der Waals surface area contributed by atoms with Gasteiger partial charge in [0, 0.05) is 18.3 Å². The van der Waals surface area contributed by atoms with Crippen molar-refractivity contribution in [2.75, 3.05) is 11.9 Å². The minimum atomic E-state index is -0.317. The van der Waals surface area contributed by atoms with Gasteiger partial charge in [0.1, 0.15) is 0 Å². The molecule has 0 radical (unpaired) electrons. The van der Waals surface area contributed by atoms with Gasteiger partial charge in [0.25, 0.3) is 5.91 Å². The molecule has 0 spiro atoms. The summed E-state index contributed by atoms with van der Waals surface area (Å²) in [5, 5.41) is 4.56. The Morgan fingerprint density at radius 3 is 2.74 bits per heavy atom. The average Bonchev–Trinajstić information content (AvgIpc) is 2.60. The molecule has 5 heteroatoms. The highest BCUT2D eigenvalue weighted by molar-refractivity contribution is 6.33. The SMILES string of the molecule is Cc1cc2c(cc1/C=N\NC(=O)c1ccccc1Cl)C(C)CC(C)(C)N2C. The highest BCUT2D eigenvalue weighted by Crippen LogP contribution is 2.43. The topological polar surface area (TPSA) is 44.7 Å². The van der Waals surface area contributed by atoms with Gasteiger partial charge in [0.2, 0.25) is 0 Å². The fourth-order valence-electron chi connectivity index (χ4n) is 3.74. The summed E-state index contributed by atoms with van der Waals surface area (Å²) in [4.78, 5) is 14.6. The first kappa shape index (κ1) is 19.4. The highest BCUT2D eigenvalue weighted by atomic mass is 35.5. The summed E-state index contributed by atoms with van der Waals surface area (Å²) in [5.74, 6) is 0.152. The quantitative estimate of drug-likeness (QED) is 0.589. The molecule has 0 saturated heterocycles. The molecule has 1 heterocycles. The molecule has 1 N–H and O–H groups in total. The van der Waals surface area contributed by atoms with E-state index >= 15 is 0 Å². The van der Waals surface area contributed by atoms with E-state index in [1.54, 1.807) is 30.5 Å². The average molecular weight is 384 g/mol. The van der Waals surface area contributed by atoms with Crippen molar-refractivity contribution in [3.05, 3.63) is 63.7 Å². The van der Waals surface area contributed by atoms with Crippen molar-refractivity contribution in [1.29, 1.82) is 0 Å². The van der Waals surface area contributed by atoms with Crippen molar-refractivity contribution in [3.63, 3.8) is 0 Å². The maximum absolute atomic E-state index is 12.2. The van der Waals surface area contributed by atoms with Crippen molar-refractivity contribution in [3.8, 4) is 0 Å². The van der Waals surface area contributed by atoms with Crippen molar-refractivity contribution in [2.45, 2.75) is 45.6 Å². The molecule has 0 aliphatic carbocycles. The number of halogens is 1. The molecule has 1 atom stereocenters. The third-order valence-electron chi connectivity index (χ3n) is 5.51. The van der Waals surface area contributed by atoms with Crippen LogP contribution in [0, 0.1) is 6.92 Å². The first-order valence-electron chi connectivity index (χ1n) is 9.17. The molecule has 4 nitrogen and oxygen atoms in total. The van der Waals surface area contributed by atoms with Crippen molar-refractivity contribution in [2.24, 2.45) is 5.10 Å². The Labute approximate surface area is 166 Å². The Morgan fingerprint density at radius 2 is 2.04 bits per heavy atom. The van der Waals surface area contributed by atoms with Crippen LogP contribution in [0.5, 0.6) is 0 Å². The van der Waals surface area contributed by atoms with E-state index in [0.29, 0.717) is 16.5 Å². The summed E-state index contributed by atoms with van der Waals surface area (Å²) in [5.41, 5.74) is 7.84. The van der Waals surface area contributed by atoms with Gasteiger partial charge in [-0.1, -0.05) is 30.7 Å². The molecule has 1 unspecified atom stereocenters. The zero-order valence-electron chi connectivity index (χ0n) is 16.5. The van der Waals surface area contributed by atoms with Gasteiger partial charge >= 0.3 is 0 Å². The van der Waals surface area contributed by atoms with Gasteiger partial charge in [-0.05, 0) is 74.1 Å². The van der Waals surface area contributed by atoms with Gasteiger partial charge in [-0.2, -0.15) is 5.10 Å². The van der Waals surface area contributed by atoms with Crippen LogP contribution < -0.4 is 10.3 Å². The number of carbonyl (C=O) groups is 1. The number of benzene rings is 2. The van der Waals surface area contributed by atoms with E-state index in [2.05, 4.69) is 62.3 Å². The monoisotopic (exact) mass is 383 g/mol. The number of nitrogens with one attached hydrogen (secondary N) is 1. The highest BCUT2D eigenvalue weighted by Gasteiger charge is 2.34. The van der Waals surface area contributed by atoms with Crippen LogP contribution in [-0.2, 0) is 0 Å². The predicted molar refractivity (Wildman–Crippen MR) is 113 cm³/mol. The number of rotatable bonds is 3. The molecule has 3 rings (SSSR count). The van der Waals surface area contributed by atoms with Crippen molar-refractivity contribution < 1.29 is 4.79 Å². The van der Waals surface area contributed by atoms with Gasteiger partial charge in [0.05, 0.1) is 16.8 Å². The fraction of sp³-hybridized carbons (Fsp3) is 0.364. The summed E-state index contributed by atoms with van der Waals surface area (Å²) >= 11 is 6.06. The van der Waals surface area contributed by atoms with Crippen LogP contribution in [-0.4, -0.2) is 24.7 Å². The fourth-order valence-corrected chi connectivity index (χ4v) is 3.96. The smallest absolute Gasteiger partial charge is 0.272 e. The second-order valence-corrected chi connectivity index (χ2v) is 8.33. The second kappa shape index (κ2) is 7.35. The van der Waals surface area contributed by atoms with Crippen molar-refractivity contribution >= 4 is 29.4 Å². The number of carbonyl (C=O) groups excluding carboxylic acids is 1. The molecule has 27 heavy (non-hydrogen) atoms. The van der Waals surface area contributed by atoms with Gasteiger partial charge < -0.3 is 4.90 Å². The number of hydrogen-bond acceptors (Lipinski definition) is 3. The Bertz CT molecular complexity index is 904. The first-order chi connectivity index (χ1) is 12.7. The molecule has 1 aliphatic heterocycles. The van der Waals surface area contributed by atoms with Crippen LogP contribution >= 0.6 is 11.6 Å². The third-order valence-corrected chi connectivity index (χ3v) is 5.84. The number of nitrogens with zero attached hydrogens (tertiary/aromatic N) is 2. The van der Waals surface area contributed by atoms with Crippen LogP contribution in [0.1, 0.15) is 60.2 Å². The lowest BCUT2D eigenvalue weighted by atomic mass is 9.79. The van der Waals surface area contributed by atoms with E-state index < -0.39 is 0 Å². The summed E-state index contributed by atoms with van der Waals surface area (Å²) in [6.07, 6.45) is 2.80. The zero-order valence-corrected chi connectivity index (χ0v) is 17.3. The lowest BCUT2D eigenvalue weighted by molar-refractivity contribution is 0.0955. The molecule has 0 aromatic heterocycles. The van der Waals surface area contributed by atoms with E-state index in [4.69, 9.17) is 11.6 Å². The minimum absolute atomic E-state index is 0.136. The van der Waals surface area contributed by atoms with Gasteiger partial charge in [-0.3, -0.25) is 4.79 Å². The molecular formula is C22H26ClN3O. The summed E-state index contributed by atoms with van der Waals surface area (Å²) < 4.78 is 0. The van der Waals surface area contributed by atoms with Crippen molar-refractivity contribution in [1.82, 2.24) is 5.43 Å². The predicted octanol–water partition coefficient (Wildman–Crippen LogP) is 5.13. The third kappa shape index (κ3) is 3.86. The van der Waals surface area contributed by atoms with Gasteiger partial charge in [-0.15, -0.1) is 0 Å². The van der Waals surface area contributed by atoms with Crippen LogP contribution in [0.4, 0.5) is 5.69 Å². The summed E-state index contributed by atoms with van der Waals surface area (Å²) in [6, 6.07) is 11.3. The molecular weight excluding hydrogens is 358 g/mol. The standard InChI is InChI=1S/C22H26ClN3O/c1-14-10-20-18(15(2)12-22(3,4)26(20)5)11-16(14)13-24-25-21(27)17-8-6-7-9-19(17)23/h6-11,13,15H,12H2,1-5H3,(H,25,27)/b24-13-. The van der Waals surface area contributed by atoms with E-state index in [1.165, 1.54) is 11.3 Å². The van der Waals surface area contributed by atoms with E-state index in [-0.39, 0.29) is 11.4 Å². The molecule has 2 aromatic carbocycles. The number of anilines is 1. The molecule has 2 aromatic rings. The molecule has 1 aliphatic rings. The van der Waals surface area contributed by atoms with E-state index in [1.807, 2.05) is 0 Å². The van der Waals surface area contributed by atoms with Gasteiger partial charge in [-0.25, -0.2) is 5.43 Å². The molecule has 0 fully saturated rings. The number of amides is 1. The Morgan fingerprint density at radius 1 is 1.33 bits per heavy atom. The summed E-state index contributed by atoms with van der Waals surface area (Å²) in [6.45, 7) is 8.89. The summed E-state index contributed by atoms with van der Waals surface area (Å²) in [7, 11) is 2.15. The Kier molecular flexibility index (Phi) is 5.29. The first-order valence-corrected chi connectivity index (χ1v) is 9.55. The minimum Gasteiger partial charge on any atom is -0.369 e. The van der Waals surface area contributed by atoms with Crippen LogP contribution in [0.25, 0.3) is 0 Å². The maximum atomic E-state index is 12.2. The van der Waals surface area contributed by atoms with Gasteiger partial charge in [0.15, 0.2) is 0 Å². The lowest BCUT2D eigenvalue weighted by Gasteiger charge is -2.45. The molecule has 0 saturated carbocycles. The lowest BCUT2D eigenvalue weighted by Crippen LogP contribution is -2.45.